The minimum Gasteiger partial charge on any atom is -0.394 e. The van der Waals surface area contributed by atoms with Gasteiger partial charge >= 0.3 is 0 Å². The molecule has 0 aromatic carbocycles. The fourth-order valence-corrected chi connectivity index (χ4v) is 9.51. The summed E-state index contributed by atoms with van der Waals surface area (Å²) in [6, 6.07) is 0.649. The van der Waals surface area contributed by atoms with Crippen molar-refractivity contribution in [2.45, 2.75) is 120 Å². The summed E-state index contributed by atoms with van der Waals surface area (Å²) in [5.41, 5.74) is 6.21. The summed E-state index contributed by atoms with van der Waals surface area (Å²) in [5.74, 6) is 2.33. The second kappa shape index (κ2) is 13.7. The molecule has 1 amide bonds. The second-order valence-corrected chi connectivity index (χ2v) is 14.3. The number of amides is 1. The van der Waals surface area contributed by atoms with Gasteiger partial charge in [-0.05, 0) is 61.7 Å². The molecule has 45 heavy (non-hydrogen) atoms. The maximum absolute atomic E-state index is 11.9. The van der Waals surface area contributed by atoms with Crippen LogP contribution in [0.4, 0.5) is 0 Å². The van der Waals surface area contributed by atoms with Crippen LogP contribution in [0.1, 0.15) is 52.4 Å². The number of hydrogen-bond acceptors (Lipinski definition) is 13. The van der Waals surface area contributed by atoms with E-state index in [9.17, 15) is 40.5 Å². The van der Waals surface area contributed by atoms with E-state index in [4.69, 9.17) is 25.1 Å². The fourth-order valence-electron chi connectivity index (χ4n) is 9.51. The van der Waals surface area contributed by atoms with Crippen molar-refractivity contribution in [1.82, 2.24) is 5.32 Å². The molecule has 3 aliphatic heterocycles. The van der Waals surface area contributed by atoms with Crippen LogP contribution in [0.2, 0.25) is 0 Å². The number of carbonyl (C=O) groups is 1. The molecule has 14 heteroatoms. The molecule has 0 radical (unpaired) electrons. The van der Waals surface area contributed by atoms with Crippen LogP contribution in [0, 0.1) is 34.5 Å². The van der Waals surface area contributed by atoms with Gasteiger partial charge in [0.1, 0.15) is 48.8 Å². The van der Waals surface area contributed by atoms with Gasteiger partial charge in [0.15, 0.2) is 12.6 Å². The molecule has 0 unspecified atom stereocenters. The summed E-state index contributed by atoms with van der Waals surface area (Å²) >= 11 is 0. The van der Waals surface area contributed by atoms with Crippen LogP contribution in [0.3, 0.4) is 0 Å². The van der Waals surface area contributed by atoms with Gasteiger partial charge in [0, 0.05) is 23.9 Å². The van der Waals surface area contributed by atoms with Gasteiger partial charge in [0.25, 0.3) is 0 Å². The van der Waals surface area contributed by atoms with Crippen molar-refractivity contribution >= 4 is 5.91 Å². The number of primary amides is 1. The van der Waals surface area contributed by atoms with Crippen molar-refractivity contribution in [3.8, 4) is 0 Å². The van der Waals surface area contributed by atoms with Crippen LogP contribution >= 0.6 is 0 Å². The lowest BCUT2D eigenvalue weighted by molar-refractivity contribution is -0.355. The molecule has 258 valence electrons. The van der Waals surface area contributed by atoms with Gasteiger partial charge in [-0.3, -0.25) is 4.79 Å². The van der Waals surface area contributed by atoms with Crippen molar-refractivity contribution < 1.29 is 59.9 Å². The third kappa shape index (κ3) is 6.22. The molecule has 5 fully saturated rings. The Hall–Kier alpha value is -1.27. The molecule has 2 saturated heterocycles. The van der Waals surface area contributed by atoms with E-state index in [1.165, 1.54) is 32.1 Å². The van der Waals surface area contributed by atoms with E-state index in [1.54, 1.807) is 0 Å². The lowest BCUT2D eigenvalue weighted by Gasteiger charge is -2.59. The second-order valence-electron chi connectivity index (χ2n) is 14.3. The Morgan fingerprint density at radius 3 is 2.24 bits per heavy atom. The summed E-state index contributed by atoms with van der Waals surface area (Å²) < 4.78 is 15.3. The van der Waals surface area contributed by atoms with E-state index >= 15 is 0 Å². The number of nitrogens with two attached hydrogens (primary N) is 1. The molecular formula is C31H52N2O12. The maximum atomic E-state index is 11.9. The number of aliphatic hydroxyl groups is 8. The van der Waals surface area contributed by atoms with E-state index in [0.29, 0.717) is 17.4 Å². The van der Waals surface area contributed by atoms with Gasteiger partial charge in [0.05, 0.1) is 13.2 Å². The first-order valence-corrected chi connectivity index (χ1v) is 16.2. The molecule has 0 bridgehead atoms. The van der Waals surface area contributed by atoms with Gasteiger partial charge in [-0.1, -0.05) is 26.0 Å². The number of nitrogens with one attached hydrogen (secondary N) is 1. The molecule has 6 rings (SSSR count). The first-order valence-electron chi connectivity index (χ1n) is 16.2. The molecule has 6 aliphatic rings. The Labute approximate surface area is 263 Å². The van der Waals surface area contributed by atoms with Gasteiger partial charge < -0.3 is 66.1 Å². The molecule has 3 saturated carbocycles. The predicted molar refractivity (Wildman–Crippen MR) is 157 cm³/mol. The van der Waals surface area contributed by atoms with E-state index in [2.05, 4.69) is 31.3 Å². The molecule has 14 nitrogen and oxygen atoms in total. The topological polar surface area (TPSA) is 245 Å². The lowest BCUT2D eigenvalue weighted by Crippen LogP contribution is -2.64. The summed E-state index contributed by atoms with van der Waals surface area (Å²) in [7, 11) is 0. The third-order valence-corrected chi connectivity index (χ3v) is 12.1. The van der Waals surface area contributed by atoms with Crippen LogP contribution in [0.5, 0.6) is 0 Å². The fraction of sp³-hybridized carbons (Fsp3) is 0.903. The first-order chi connectivity index (χ1) is 21.3. The van der Waals surface area contributed by atoms with E-state index < -0.39 is 74.6 Å². The number of carbonyl (C=O) groups excluding carboxylic acids is 1. The lowest BCUT2D eigenvalue weighted by atomic mass is 9.48. The molecular weight excluding hydrogens is 592 g/mol. The number of hydrogen-bond donors (Lipinski definition) is 10. The van der Waals surface area contributed by atoms with Crippen molar-refractivity contribution in [2.24, 2.45) is 40.2 Å². The Balaban J connectivity index is 0.000000178. The highest BCUT2D eigenvalue weighted by atomic mass is 16.7. The largest absolute Gasteiger partial charge is 0.394 e. The predicted octanol–water partition coefficient (Wildman–Crippen LogP) is -2.54. The highest BCUT2D eigenvalue weighted by Crippen LogP contribution is 2.64. The smallest absolute Gasteiger partial charge is 0.221 e. The average Bonchev–Trinajstić information content (AvgIpc) is 3.38. The van der Waals surface area contributed by atoms with Gasteiger partial charge in [-0.2, -0.15) is 0 Å². The summed E-state index contributed by atoms with van der Waals surface area (Å²) in [6.45, 7) is 4.52. The zero-order chi connectivity index (χ0) is 32.8. The van der Waals surface area contributed by atoms with Crippen molar-refractivity contribution in [1.29, 1.82) is 0 Å². The number of aliphatic hydroxyl groups excluding tert-OH is 8. The number of ether oxygens (including phenoxy) is 3. The normalized spacial score (nSPS) is 52.5. The van der Waals surface area contributed by atoms with Crippen molar-refractivity contribution in [3.05, 3.63) is 12.2 Å². The zero-order valence-electron chi connectivity index (χ0n) is 26.0. The standard InChI is InChI=1S/C19H30N2O.C12H22O11/c1-18-10-8-14-12(13(18)5-6-15(18)17(20)22)4-7-16-19(14,2)9-3-11-21-16;13-1-3-5(15)6(16)9(19)12(22-3)23-10-4(2-14)21-11(20)8(18)7(10)17/h3,9,12-16,21H,4-8,10-11H2,1-2H3,(H2,20,22);3-20H,1-2H2/t12-,13-,14-,15+,16+,18-,19+;3-,4-,5+,6+,7-,8-,9-,10-,11-,12+/m01/s1. The first kappa shape index (κ1) is 35.0. The van der Waals surface area contributed by atoms with Gasteiger partial charge in [-0.15, -0.1) is 0 Å². The van der Waals surface area contributed by atoms with Crippen molar-refractivity contribution in [2.75, 3.05) is 19.8 Å². The van der Waals surface area contributed by atoms with Crippen LogP contribution in [0.25, 0.3) is 0 Å². The third-order valence-electron chi connectivity index (χ3n) is 12.1. The average molecular weight is 645 g/mol. The van der Waals surface area contributed by atoms with E-state index in [1.807, 2.05) is 0 Å². The van der Waals surface area contributed by atoms with Crippen LogP contribution in [0.15, 0.2) is 12.2 Å². The van der Waals surface area contributed by atoms with Gasteiger partial charge in [-0.25, -0.2) is 0 Å². The summed E-state index contributed by atoms with van der Waals surface area (Å²) in [5, 5.41) is 80.2. The molecule has 3 aliphatic carbocycles. The molecule has 3 heterocycles. The van der Waals surface area contributed by atoms with Crippen molar-refractivity contribution in [3.63, 3.8) is 0 Å². The monoisotopic (exact) mass is 644 g/mol. The Morgan fingerprint density at radius 1 is 0.867 bits per heavy atom. The molecule has 11 N–H and O–H groups in total. The molecule has 0 spiro atoms. The highest BCUT2D eigenvalue weighted by molar-refractivity contribution is 5.78. The molecule has 0 aromatic rings. The Morgan fingerprint density at radius 2 is 1.58 bits per heavy atom. The maximum Gasteiger partial charge on any atom is 0.221 e. The quantitative estimate of drug-likeness (QED) is 0.139. The SMILES string of the molecule is C[C@]12C=CCN[C@@H]1CC[C@@H]1[C@@H]2CC[C@]2(C)[C@@H](C(N)=O)CC[C@@H]12.OC[C@H]1O[C@@H](O[C@H]2[C@H](O)[C@@H](O)[C@H](O)O[C@@H]2CO)[C@H](O)[C@@H](O)[C@H]1O. The van der Waals surface area contributed by atoms with E-state index in [0.717, 1.165) is 24.8 Å². The number of fused-ring (bicyclic) bond motifs is 5. The van der Waals surface area contributed by atoms with Gasteiger partial charge in [0.2, 0.25) is 5.91 Å². The zero-order valence-corrected chi connectivity index (χ0v) is 26.0. The summed E-state index contributed by atoms with van der Waals surface area (Å²) in [6.07, 6.45) is -3.44. The Bertz CT molecular complexity index is 1060. The molecule has 17 atom stereocenters. The van der Waals surface area contributed by atoms with E-state index in [-0.39, 0.29) is 17.2 Å². The molecule has 0 aromatic heterocycles. The number of rotatable bonds is 5. The van der Waals surface area contributed by atoms with Crippen LogP contribution < -0.4 is 11.1 Å². The van der Waals surface area contributed by atoms with Crippen LogP contribution in [-0.4, -0.2) is 134 Å². The highest BCUT2D eigenvalue weighted by Gasteiger charge is 2.60. The minimum absolute atomic E-state index is 0.0532. The minimum atomic E-state index is -1.74. The summed E-state index contributed by atoms with van der Waals surface area (Å²) in [4.78, 5) is 11.9. The van der Waals surface area contributed by atoms with Crippen LogP contribution in [-0.2, 0) is 19.0 Å². The Kier molecular flexibility index (Phi) is 10.7.